The number of thioether (sulfide) groups is 1. The number of carbonyl (C=O) groups excluding carboxylic acids is 1. The quantitative estimate of drug-likeness (QED) is 0.537. The van der Waals surface area contributed by atoms with Gasteiger partial charge in [-0.1, -0.05) is 47.6 Å². The molecule has 0 unspecified atom stereocenters. The maximum Gasteiger partial charge on any atom is 0.262 e. The summed E-state index contributed by atoms with van der Waals surface area (Å²) in [4.78, 5) is 14.0. The van der Waals surface area contributed by atoms with Crippen LogP contribution in [0.25, 0.3) is 6.08 Å². The number of nitrogens with zero attached hydrogens (tertiary/aromatic N) is 1. The predicted molar refractivity (Wildman–Crippen MR) is 116 cm³/mol. The monoisotopic (exact) mass is 418 g/mol. The fraction of sp³-hybridized carbons (Fsp3) is 0.0435. The number of rotatable bonds is 4. The van der Waals surface area contributed by atoms with Crippen LogP contribution in [0.5, 0.6) is 5.75 Å². The van der Waals surface area contributed by atoms with Crippen LogP contribution in [-0.2, 0) is 11.4 Å². The number of halogens is 1. The van der Waals surface area contributed by atoms with E-state index in [1.807, 2.05) is 36.4 Å². The molecule has 142 valence electrons. The highest BCUT2D eigenvalue weighted by Crippen LogP contribution is 2.39. The van der Waals surface area contributed by atoms with Gasteiger partial charge in [0.2, 0.25) is 0 Å². The summed E-state index contributed by atoms with van der Waals surface area (Å²) in [5.41, 5.74) is 3.08. The Balaban J connectivity index is 1.59. The highest BCUT2D eigenvalue weighted by molar-refractivity contribution is 8.04. The average molecular weight is 419 g/mol. The van der Waals surface area contributed by atoms with Crippen LogP contribution < -0.4 is 10.1 Å². The fourth-order valence-electron chi connectivity index (χ4n) is 2.84. The number of nitrogens with one attached hydrogen (secondary N) is 1. The van der Waals surface area contributed by atoms with Crippen LogP contribution in [0.2, 0.25) is 5.02 Å². The molecule has 1 aliphatic heterocycles. The maximum absolute atomic E-state index is 12.5. The van der Waals surface area contributed by atoms with E-state index >= 15 is 0 Å². The Labute approximate surface area is 177 Å². The van der Waals surface area contributed by atoms with Gasteiger partial charge in [0, 0.05) is 15.5 Å². The van der Waals surface area contributed by atoms with Crippen molar-refractivity contribution in [3.05, 3.63) is 93.3 Å². The van der Waals surface area contributed by atoms with Crippen molar-refractivity contribution in [2.75, 3.05) is 5.32 Å². The van der Waals surface area contributed by atoms with Crippen LogP contribution >= 0.6 is 23.4 Å². The maximum atomic E-state index is 12.5. The van der Waals surface area contributed by atoms with Gasteiger partial charge in [-0.2, -0.15) is 5.26 Å². The van der Waals surface area contributed by atoms with Crippen LogP contribution in [0.3, 0.4) is 0 Å². The van der Waals surface area contributed by atoms with Gasteiger partial charge in [0.25, 0.3) is 5.91 Å². The van der Waals surface area contributed by atoms with E-state index in [4.69, 9.17) is 21.6 Å². The van der Waals surface area contributed by atoms with Crippen LogP contribution in [0.4, 0.5) is 5.69 Å². The van der Waals surface area contributed by atoms with Gasteiger partial charge in [-0.05, 0) is 54.1 Å². The Morgan fingerprint density at radius 3 is 2.69 bits per heavy atom. The van der Waals surface area contributed by atoms with E-state index in [0.717, 1.165) is 21.7 Å². The summed E-state index contributed by atoms with van der Waals surface area (Å²) in [5, 5.41) is 12.4. The van der Waals surface area contributed by atoms with Crippen molar-refractivity contribution >= 4 is 41.0 Å². The summed E-state index contributed by atoms with van der Waals surface area (Å²) in [6.45, 7) is 0.339. The lowest BCUT2D eigenvalue weighted by atomic mass is 10.1. The molecule has 0 saturated heterocycles. The number of hydrogen-bond acceptors (Lipinski definition) is 4. The summed E-state index contributed by atoms with van der Waals surface area (Å²) in [6.07, 6.45) is 1.79. The van der Waals surface area contributed by atoms with Gasteiger partial charge >= 0.3 is 0 Å². The summed E-state index contributed by atoms with van der Waals surface area (Å²) < 4.78 is 5.97. The number of carbonyl (C=O) groups is 1. The largest absolute Gasteiger partial charge is 0.488 e. The Hall–Kier alpha value is -3.20. The Kier molecular flexibility index (Phi) is 5.57. The third kappa shape index (κ3) is 4.45. The number of hydrogen-bond donors (Lipinski definition) is 1. The molecule has 0 fully saturated rings. The molecule has 4 nitrogen and oxygen atoms in total. The molecular formula is C23H15ClN2O2S. The van der Waals surface area contributed by atoms with E-state index in [0.29, 0.717) is 27.8 Å². The standard InChI is InChI=1S/C23H15ClN2O2S/c24-18-9-10-20(28-14-16-7-5-15(13-25)6-8-16)17(11-18)12-22-23(27)26-19-3-1-2-4-21(19)29-22/h1-12H,14H2,(H,26,27)/b22-12-. The minimum atomic E-state index is -0.160. The molecule has 1 amide bonds. The molecule has 3 aromatic carbocycles. The van der Waals surface area contributed by atoms with Crippen molar-refractivity contribution in [2.45, 2.75) is 11.5 Å². The molecule has 0 atom stereocenters. The predicted octanol–water partition coefficient (Wildman–Crippen LogP) is 5.88. The Morgan fingerprint density at radius 2 is 1.90 bits per heavy atom. The minimum absolute atomic E-state index is 0.160. The highest BCUT2D eigenvalue weighted by atomic mass is 35.5. The fourth-order valence-corrected chi connectivity index (χ4v) is 3.97. The summed E-state index contributed by atoms with van der Waals surface area (Å²) in [6, 6.07) is 22.3. The van der Waals surface area contributed by atoms with E-state index in [1.54, 1.807) is 36.4 Å². The molecule has 4 rings (SSSR count). The van der Waals surface area contributed by atoms with Crippen LogP contribution in [-0.4, -0.2) is 5.91 Å². The third-order valence-corrected chi connectivity index (χ3v) is 5.65. The van der Waals surface area contributed by atoms with Crippen molar-refractivity contribution in [3.63, 3.8) is 0 Å². The summed E-state index contributed by atoms with van der Waals surface area (Å²) >= 11 is 7.59. The van der Waals surface area contributed by atoms with Gasteiger partial charge in [0.15, 0.2) is 0 Å². The summed E-state index contributed by atoms with van der Waals surface area (Å²) in [7, 11) is 0. The number of para-hydroxylation sites is 1. The number of benzene rings is 3. The van der Waals surface area contributed by atoms with Crippen molar-refractivity contribution in [2.24, 2.45) is 0 Å². The number of ether oxygens (including phenoxy) is 1. The highest BCUT2D eigenvalue weighted by Gasteiger charge is 2.21. The molecule has 1 aliphatic rings. The van der Waals surface area contributed by atoms with Crippen molar-refractivity contribution in [1.29, 1.82) is 5.26 Å². The van der Waals surface area contributed by atoms with Gasteiger partial charge < -0.3 is 10.1 Å². The molecule has 0 spiro atoms. The molecule has 0 bridgehead atoms. The second kappa shape index (κ2) is 8.44. The molecule has 1 N–H and O–H groups in total. The van der Waals surface area contributed by atoms with Crippen LogP contribution in [0.15, 0.2) is 76.5 Å². The molecule has 1 heterocycles. The average Bonchev–Trinajstić information content (AvgIpc) is 2.74. The SMILES string of the molecule is N#Cc1ccc(COc2ccc(Cl)cc2/C=C2\Sc3ccccc3NC2=O)cc1. The lowest BCUT2D eigenvalue weighted by Crippen LogP contribution is -2.17. The first kappa shape index (κ1) is 19.1. The molecule has 0 radical (unpaired) electrons. The second-order valence-electron chi connectivity index (χ2n) is 6.34. The molecule has 0 aliphatic carbocycles. The third-order valence-electron chi connectivity index (χ3n) is 4.31. The first-order chi connectivity index (χ1) is 14.1. The Morgan fingerprint density at radius 1 is 1.10 bits per heavy atom. The van der Waals surface area contributed by atoms with E-state index in [9.17, 15) is 4.79 Å². The van der Waals surface area contributed by atoms with Crippen molar-refractivity contribution in [3.8, 4) is 11.8 Å². The van der Waals surface area contributed by atoms with Gasteiger partial charge in [0.1, 0.15) is 12.4 Å². The molecule has 0 saturated carbocycles. The zero-order chi connectivity index (χ0) is 20.2. The molecule has 29 heavy (non-hydrogen) atoms. The van der Waals surface area contributed by atoms with E-state index in [2.05, 4.69) is 11.4 Å². The molecule has 3 aromatic rings. The lowest BCUT2D eigenvalue weighted by molar-refractivity contribution is -0.112. The van der Waals surface area contributed by atoms with Gasteiger partial charge in [-0.15, -0.1) is 0 Å². The van der Waals surface area contributed by atoms with E-state index < -0.39 is 0 Å². The number of nitriles is 1. The van der Waals surface area contributed by atoms with Crippen molar-refractivity contribution in [1.82, 2.24) is 0 Å². The first-order valence-electron chi connectivity index (χ1n) is 8.84. The summed E-state index contributed by atoms with van der Waals surface area (Å²) in [5.74, 6) is 0.463. The second-order valence-corrected chi connectivity index (χ2v) is 7.86. The van der Waals surface area contributed by atoms with Gasteiger partial charge in [0.05, 0.1) is 22.2 Å². The molecule has 6 heteroatoms. The van der Waals surface area contributed by atoms with E-state index in [-0.39, 0.29) is 5.91 Å². The van der Waals surface area contributed by atoms with Gasteiger partial charge in [-0.3, -0.25) is 4.79 Å². The molecule has 0 aromatic heterocycles. The van der Waals surface area contributed by atoms with Gasteiger partial charge in [-0.25, -0.2) is 0 Å². The van der Waals surface area contributed by atoms with Crippen LogP contribution in [0.1, 0.15) is 16.7 Å². The number of fused-ring (bicyclic) bond motifs is 1. The smallest absolute Gasteiger partial charge is 0.262 e. The van der Waals surface area contributed by atoms with Crippen LogP contribution in [0, 0.1) is 11.3 Å². The minimum Gasteiger partial charge on any atom is -0.488 e. The zero-order valence-corrected chi connectivity index (χ0v) is 16.8. The van der Waals surface area contributed by atoms with E-state index in [1.165, 1.54) is 11.8 Å². The normalized spacial score (nSPS) is 14.1. The zero-order valence-electron chi connectivity index (χ0n) is 15.2. The lowest BCUT2D eigenvalue weighted by Gasteiger charge is -2.18. The Bertz CT molecular complexity index is 1150. The van der Waals surface area contributed by atoms with Crippen molar-refractivity contribution < 1.29 is 9.53 Å². The topological polar surface area (TPSA) is 62.1 Å². The molecular weight excluding hydrogens is 404 g/mol. The number of anilines is 1. The first-order valence-corrected chi connectivity index (χ1v) is 10.0. The number of amides is 1.